The fourth-order valence-electron chi connectivity index (χ4n) is 5.90. The van der Waals surface area contributed by atoms with Crippen molar-refractivity contribution < 1.29 is 49.8 Å². The predicted molar refractivity (Wildman–Crippen MR) is 174 cm³/mol. The number of amides is 1. The first-order chi connectivity index (χ1) is 23.5. The van der Waals surface area contributed by atoms with Gasteiger partial charge in [0.1, 0.15) is 11.9 Å². The van der Waals surface area contributed by atoms with Gasteiger partial charge in [-0.05, 0) is 79.2 Å². The number of halogens is 4. The van der Waals surface area contributed by atoms with Gasteiger partial charge in [-0.1, -0.05) is 24.3 Å². The summed E-state index contributed by atoms with van der Waals surface area (Å²) >= 11 is 0. The second-order valence-corrected chi connectivity index (χ2v) is 14.3. The summed E-state index contributed by atoms with van der Waals surface area (Å²) < 4.78 is 90.2. The van der Waals surface area contributed by atoms with Gasteiger partial charge in [0.15, 0.2) is 21.4 Å². The highest BCUT2D eigenvalue weighted by Gasteiger charge is 2.49. The molecule has 1 aliphatic heterocycles. The molecule has 0 saturated carbocycles. The molecule has 3 atom stereocenters. The molecule has 16 heteroatoms. The third-order valence-electron chi connectivity index (χ3n) is 8.43. The molecule has 5 rings (SSSR count). The largest absolute Gasteiger partial charge is 0.494 e. The highest BCUT2D eigenvalue weighted by atomic mass is 32.2. The first-order valence-electron chi connectivity index (χ1n) is 15.2. The molecule has 4 aromatic rings. The van der Waals surface area contributed by atoms with Crippen LogP contribution in [0, 0.1) is 11.7 Å². The van der Waals surface area contributed by atoms with Crippen LogP contribution in [-0.4, -0.2) is 61.2 Å². The van der Waals surface area contributed by atoms with Crippen molar-refractivity contribution in [2.24, 2.45) is 5.92 Å². The van der Waals surface area contributed by atoms with Crippen molar-refractivity contribution >= 4 is 50.0 Å². The van der Waals surface area contributed by atoms with E-state index in [2.05, 4.69) is 15.0 Å². The van der Waals surface area contributed by atoms with E-state index in [9.17, 15) is 40.4 Å². The monoisotopic (exact) mass is 716 g/mol. The van der Waals surface area contributed by atoms with E-state index in [-0.39, 0.29) is 40.6 Å². The van der Waals surface area contributed by atoms with Gasteiger partial charge in [0, 0.05) is 23.8 Å². The summed E-state index contributed by atoms with van der Waals surface area (Å²) in [6, 6.07) is 13.0. The summed E-state index contributed by atoms with van der Waals surface area (Å²) in [6.07, 6.45) is -4.28. The van der Waals surface area contributed by atoms with Crippen LogP contribution >= 0.6 is 0 Å². The van der Waals surface area contributed by atoms with Crippen LogP contribution in [0.25, 0.3) is 10.8 Å². The molecule has 0 spiro atoms. The maximum absolute atomic E-state index is 14.7. The Bertz CT molecular complexity index is 2070. The minimum absolute atomic E-state index is 0.0578. The third-order valence-corrected chi connectivity index (χ3v) is 10.7. The molecule has 50 heavy (non-hydrogen) atoms. The summed E-state index contributed by atoms with van der Waals surface area (Å²) in [6.45, 7) is 2.59. The molecule has 2 unspecified atom stereocenters. The number of hydrogen-bond acceptors (Lipinski definition) is 10. The van der Waals surface area contributed by atoms with Crippen LogP contribution in [0.15, 0.2) is 77.8 Å². The van der Waals surface area contributed by atoms with E-state index in [1.165, 1.54) is 63.6 Å². The maximum Gasteiger partial charge on any atom is 0.491 e. The number of likely N-dealkylation sites (tertiary alicyclic amines) is 1. The van der Waals surface area contributed by atoms with Gasteiger partial charge in [0.25, 0.3) is 0 Å². The first-order valence-corrected chi connectivity index (χ1v) is 16.8. The molecular weight excluding hydrogens is 684 g/mol. The Labute approximate surface area is 284 Å². The van der Waals surface area contributed by atoms with E-state index < -0.39 is 62.9 Å². The zero-order valence-electron chi connectivity index (χ0n) is 26.9. The number of pyridine rings is 1. The second kappa shape index (κ2) is 13.9. The van der Waals surface area contributed by atoms with Gasteiger partial charge >= 0.3 is 18.1 Å². The molecule has 1 fully saturated rings. The molecule has 1 aromatic heterocycles. The van der Waals surface area contributed by atoms with Gasteiger partial charge < -0.3 is 25.4 Å². The van der Waals surface area contributed by atoms with Crippen molar-refractivity contribution in [1.29, 1.82) is 0 Å². The van der Waals surface area contributed by atoms with Crippen LogP contribution in [0.2, 0.25) is 0 Å². The van der Waals surface area contributed by atoms with E-state index in [4.69, 9.17) is 10.5 Å². The number of benzene rings is 3. The average Bonchev–Trinajstić information content (AvgIpc) is 3.52. The molecule has 1 amide bonds. The Kier molecular flexibility index (Phi) is 10.0. The van der Waals surface area contributed by atoms with Crippen LogP contribution in [-0.2, 0) is 29.0 Å². The number of methoxy groups -OCH3 is 1. The molecule has 1 saturated heterocycles. The summed E-state index contributed by atoms with van der Waals surface area (Å²) in [5.41, 5.74) is 6.53. The fourth-order valence-corrected chi connectivity index (χ4v) is 7.19. The number of nitrogens with zero attached hydrogens (tertiary/aromatic N) is 2. The predicted octanol–water partition coefficient (Wildman–Crippen LogP) is 5.52. The lowest BCUT2D eigenvalue weighted by Crippen LogP contribution is -2.40. The summed E-state index contributed by atoms with van der Waals surface area (Å²) in [7, 11) is -2.84. The fraction of sp³-hybridized carbons (Fsp3) is 0.294. The Balaban J connectivity index is 1.64. The van der Waals surface area contributed by atoms with Crippen LogP contribution in [0.5, 0.6) is 5.75 Å². The highest BCUT2D eigenvalue weighted by Crippen LogP contribution is 2.43. The highest BCUT2D eigenvalue weighted by molar-refractivity contribution is 7.92. The number of sulfone groups is 1. The number of carbonyl (C=O) groups is 3. The number of alkyl halides is 3. The molecule has 2 heterocycles. The molecule has 264 valence electrons. The van der Waals surface area contributed by atoms with Gasteiger partial charge in [-0.3, -0.25) is 9.59 Å². The van der Waals surface area contributed by atoms with Crippen molar-refractivity contribution in [2.45, 2.75) is 48.7 Å². The lowest BCUT2D eigenvalue weighted by Gasteiger charge is -2.33. The topological polar surface area (TPSA) is 158 Å². The van der Waals surface area contributed by atoms with Gasteiger partial charge in [-0.15, -0.1) is 0 Å². The minimum atomic E-state index is -5.49. The van der Waals surface area contributed by atoms with Gasteiger partial charge in [0.05, 0.1) is 29.2 Å². The zero-order chi connectivity index (χ0) is 36.5. The number of nitrogens with two attached hydrogens (primary N) is 1. The first kappa shape index (κ1) is 36.0. The molecule has 0 aliphatic carbocycles. The van der Waals surface area contributed by atoms with E-state index >= 15 is 0 Å². The maximum atomic E-state index is 14.7. The second-order valence-electron chi connectivity index (χ2n) is 11.8. The number of aromatic nitrogens is 1. The molecule has 0 bridgehead atoms. The molecule has 3 aromatic carbocycles. The Morgan fingerprint density at radius 2 is 1.76 bits per heavy atom. The molecule has 0 radical (unpaired) electrons. The molecule has 1 aliphatic rings. The number of anilines is 2. The Morgan fingerprint density at radius 3 is 2.44 bits per heavy atom. The molecule has 11 nitrogen and oxygen atoms in total. The van der Waals surface area contributed by atoms with Crippen LogP contribution in [0.3, 0.4) is 0 Å². The Hall–Kier alpha value is -5.25. The molecular formula is C34H32F4N4O7S. The normalized spacial score (nSPS) is 17.1. The van der Waals surface area contributed by atoms with E-state index in [1.807, 2.05) is 0 Å². The van der Waals surface area contributed by atoms with Crippen molar-refractivity contribution in [3.63, 3.8) is 0 Å². The number of fused-ring (bicyclic) bond motifs is 1. The minimum Gasteiger partial charge on any atom is -0.494 e. The summed E-state index contributed by atoms with van der Waals surface area (Å²) in [5, 5.41) is 3.45. The third kappa shape index (κ3) is 7.06. The number of rotatable bonds is 9. The van der Waals surface area contributed by atoms with Gasteiger partial charge in [-0.25, -0.2) is 22.6 Å². The van der Waals surface area contributed by atoms with Crippen molar-refractivity contribution in [3.05, 3.63) is 89.9 Å². The van der Waals surface area contributed by atoms with Crippen molar-refractivity contribution in [2.75, 3.05) is 24.7 Å². The Morgan fingerprint density at radius 1 is 1.04 bits per heavy atom. The van der Waals surface area contributed by atoms with E-state index in [1.54, 1.807) is 24.3 Å². The van der Waals surface area contributed by atoms with Crippen LogP contribution in [0.1, 0.15) is 43.5 Å². The quantitative estimate of drug-likeness (QED) is 0.128. The molecule has 3 N–H and O–H groups in total. The lowest BCUT2D eigenvalue weighted by atomic mass is 9.93. The van der Waals surface area contributed by atoms with Gasteiger partial charge in [0.2, 0.25) is 5.91 Å². The standard InChI is InChI=1S/C34H32F4N4O7S/c1-18(2)50(46,47)27-7-5-4-6-23(27)29-24(32(44)49-33(45)34(36,37)38)13-15-42(29)31(43)28(20-8-11-25(35)26(17-20)48-3)41-21-9-10-22-19(16-21)12-14-40-30(22)39/h4-12,14,16-18,24,28-29,41H,13,15H2,1-3H3,(H2,39,40)/t24?,28-,29?/m0/s1. The SMILES string of the molecule is COc1cc([C@H](Nc2ccc3c(N)nccc3c2)C(=O)N2CCC(C(=O)OC(=O)C(F)(F)F)C2c2ccccc2S(=O)(=O)C(C)C)ccc1F. The number of esters is 2. The van der Waals surface area contributed by atoms with Crippen molar-refractivity contribution in [1.82, 2.24) is 9.88 Å². The smallest absolute Gasteiger partial charge is 0.491 e. The van der Waals surface area contributed by atoms with E-state index in [0.717, 1.165) is 11.0 Å². The van der Waals surface area contributed by atoms with Crippen molar-refractivity contribution in [3.8, 4) is 5.75 Å². The number of ether oxygens (including phenoxy) is 2. The number of nitrogen functional groups attached to an aromatic ring is 1. The van der Waals surface area contributed by atoms with E-state index in [0.29, 0.717) is 16.5 Å². The number of carbonyl (C=O) groups excluding carboxylic acids is 3. The average molecular weight is 717 g/mol. The van der Waals surface area contributed by atoms with Gasteiger partial charge in [-0.2, -0.15) is 13.2 Å². The summed E-state index contributed by atoms with van der Waals surface area (Å²) in [4.78, 5) is 44.6. The zero-order valence-corrected chi connectivity index (χ0v) is 27.7. The number of hydrogen-bond donors (Lipinski definition) is 2. The lowest BCUT2D eigenvalue weighted by molar-refractivity contribution is -0.203. The number of nitrogens with one attached hydrogen (secondary N) is 1. The summed E-state index contributed by atoms with van der Waals surface area (Å²) in [5.74, 6) is -7.32. The van der Waals surface area contributed by atoms with Crippen LogP contribution < -0.4 is 15.8 Å². The van der Waals surface area contributed by atoms with Crippen LogP contribution in [0.4, 0.5) is 29.1 Å².